The molecule has 2 aliphatic rings. The van der Waals surface area contributed by atoms with E-state index in [2.05, 4.69) is 25.5 Å². The van der Waals surface area contributed by atoms with Crippen LogP contribution in [0.5, 0.6) is 0 Å². The first-order valence-electron chi connectivity index (χ1n) is 4.12. The lowest BCUT2D eigenvalue weighted by Crippen LogP contribution is -2.10. The molecule has 0 amide bonds. The van der Waals surface area contributed by atoms with Crippen LogP contribution in [0.15, 0.2) is 12.2 Å². The molecule has 0 radical (unpaired) electrons. The lowest BCUT2D eigenvalue weighted by Gasteiger charge is -2.21. The summed E-state index contributed by atoms with van der Waals surface area (Å²) >= 11 is 0. The lowest BCUT2D eigenvalue weighted by molar-refractivity contribution is 0.692. The summed E-state index contributed by atoms with van der Waals surface area (Å²) < 4.78 is 0. The van der Waals surface area contributed by atoms with Gasteiger partial charge in [0.15, 0.2) is 0 Å². The molecule has 0 N–H and O–H groups in total. The highest BCUT2D eigenvalue weighted by Crippen LogP contribution is 2.52. The number of rotatable bonds is 1. The van der Waals surface area contributed by atoms with Crippen molar-refractivity contribution in [1.82, 2.24) is 0 Å². The van der Waals surface area contributed by atoms with Crippen molar-refractivity contribution < 1.29 is 0 Å². The van der Waals surface area contributed by atoms with E-state index in [1.165, 1.54) is 12.8 Å². The second kappa shape index (κ2) is 2.34. The minimum Gasteiger partial charge on any atom is -0.109 e. The van der Waals surface area contributed by atoms with Crippen molar-refractivity contribution in [2.45, 2.75) is 18.5 Å². The molecule has 3 unspecified atom stereocenters. The normalized spacial score (nSPS) is 43.7. The van der Waals surface area contributed by atoms with Crippen LogP contribution in [-0.4, -0.2) is 19.0 Å². The molecule has 2 rings (SSSR count). The van der Waals surface area contributed by atoms with Crippen LogP contribution in [0.25, 0.3) is 0 Å². The van der Waals surface area contributed by atoms with Crippen LogP contribution in [0.2, 0.25) is 0 Å². The van der Waals surface area contributed by atoms with Crippen LogP contribution >= 0.6 is 7.92 Å². The molecular formula is C9H15P. The predicted octanol–water partition coefficient (Wildman–Crippen LogP) is 2.69. The SMILES string of the molecule is CP(C)C1CC2C=CC1C2. The van der Waals surface area contributed by atoms with E-state index in [1.807, 2.05) is 0 Å². The van der Waals surface area contributed by atoms with Gasteiger partial charge in [0.2, 0.25) is 0 Å². The maximum absolute atomic E-state index is 2.46. The van der Waals surface area contributed by atoms with E-state index in [0.717, 1.165) is 17.5 Å². The molecule has 0 heterocycles. The third kappa shape index (κ3) is 0.937. The smallest absolute Gasteiger partial charge is 0.0145 e. The van der Waals surface area contributed by atoms with Gasteiger partial charge in [0.05, 0.1) is 0 Å². The zero-order chi connectivity index (χ0) is 7.14. The number of allylic oxidation sites excluding steroid dienone is 2. The molecule has 2 aliphatic carbocycles. The molecule has 0 aromatic heterocycles. The Morgan fingerprint density at radius 2 is 2.00 bits per heavy atom. The molecular weight excluding hydrogens is 139 g/mol. The fraction of sp³-hybridized carbons (Fsp3) is 0.778. The first-order chi connectivity index (χ1) is 4.77. The molecule has 10 heavy (non-hydrogen) atoms. The van der Waals surface area contributed by atoms with Gasteiger partial charge in [0.25, 0.3) is 0 Å². The largest absolute Gasteiger partial charge is 0.109 e. The molecule has 0 aromatic rings. The van der Waals surface area contributed by atoms with Gasteiger partial charge in [-0.25, -0.2) is 0 Å². The summed E-state index contributed by atoms with van der Waals surface area (Å²) in [5.74, 6) is 1.95. The Morgan fingerprint density at radius 1 is 1.20 bits per heavy atom. The van der Waals surface area contributed by atoms with Crippen LogP contribution < -0.4 is 0 Å². The standard InChI is InChI=1S/C9H15P/c1-10(2)9-6-7-3-4-8(9)5-7/h3-4,7-9H,5-6H2,1-2H3. The average molecular weight is 154 g/mol. The van der Waals surface area contributed by atoms with Crippen LogP contribution in [0.3, 0.4) is 0 Å². The summed E-state index contributed by atoms with van der Waals surface area (Å²) in [5.41, 5.74) is 1.07. The fourth-order valence-electron chi connectivity index (χ4n) is 2.35. The first kappa shape index (κ1) is 6.85. The zero-order valence-electron chi connectivity index (χ0n) is 6.75. The van der Waals surface area contributed by atoms with Gasteiger partial charge in [0, 0.05) is 0 Å². The van der Waals surface area contributed by atoms with Crippen LogP contribution in [0, 0.1) is 11.8 Å². The minimum atomic E-state index is 0.332. The Balaban J connectivity index is 2.09. The summed E-state index contributed by atoms with van der Waals surface area (Å²) in [6.07, 6.45) is 7.87. The van der Waals surface area contributed by atoms with Crippen molar-refractivity contribution in [2.24, 2.45) is 11.8 Å². The van der Waals surface area contributed by atoms with Gasteiger partial charge in [-0.1, -0.05) is 12.2 Å². The average Bonchev–Trinajstić information content (AvgIpc) is 2.44. The third-order valence-electron chi connectivity index (χ3n) is 2.91. The molecule has 0 aliphatic heterocycles. The molecule has 3 atom stereocenters. The van der Waals surface area contributed by atoms with Crippen molar-refractivity contribution in [1.29, 1.82) is 0 Å². The summed E-state index contributed by atoms with van der Waals surface area (Å²) in [7, 11) is 0.332. The second-order valence-electron chi connectivity index (χ2n) is 3.81. The molecule has 2 bridgehead atoms. The van der Waals surface area contributed by atoms with Crippen molar-refractivity contribution in [3.63, 3.8) is 0 Å². The minimum absolute atomic E-state index is 0.332. The molecule has 56 valence electrons. The molecule has 0 aromatic carbocycles. The van der Waals surface area contributed by atoms with Crippen LogP contribution in [0.1, 0.15) is 12.8 Å². The number of fused-ring (bicyclic) bond motifs is 2. The second-order valence-corrected chi connectivity index (χ2v) is 6.40. The van der Waals surface area contributed by atoms with Crippen molar-refractivity contribution in [2.75, 3.05) is 13.3 Å². The topological polar surface area (TPSA) is 0 Å². The van der Waals surface area contributed by atoms with E-state index in [-0.39, 0.29) is 0 Å². The van der Waals surface area contributed by atoms with Gasteiger partial charge in [-0.15, -0.1) is 7.92 Å². The summed E-state index contributed by atoms with van der Waals surface area (Å²) in [5, 5.41) is 0. The monoisotopic (exact) mass is 154 g/mol. The summed E-state index contributed by atoms with van der Waals surface area (Å²) in [6.45, 7) is 4.85. The summed E-state index contributed by atoms with van der Waals surface area (Å²) in [4.78, 5) is 0. The molecule has 1 heteroatoms. The number of hydrogen-bond donors (Lipinski definition) is 0. The quantitative estimate of drug-likeness (QED) is 0.402. The van der Waals surface area contributed by atoms with Gasteiger partial charge in [-0.2, -0.15) is 0 Å². The van der Waals surface area contributed by atoms with Gasteiger partial charge < -0.3 is 0 Å². The Hall–Kier alpha value is 0.170. The van der Waals surface area contributed by atoms with Crippen LogP contribution in [-0.2, 0) is 0 Å². The highest BCUT2D eigenvalue weighted by Gasteiger charge is 2.36. The van der Waals surface area contributed by atoms with Gasteiger partial charge >= 0.3 is 0 Å². The molecule has 1 saturated carbocycles. The third-order valence-corrected chi connectivity index (χ3v) is 4.83. The molecule has 0 saturated heterocycles. The lowest BCUT2D eigenvalue weighted by atomic mass is 10.1. The molecule has 0 spiro atoms. The van der Waals surface area contributed by atoms with Gasteiger partial charge in [-0.05, 0) is 43.7 Å². The Morgan fingerprint density at radius 3 is 2.30 bits per heavy atom. The molecule has 0 nitrogen and oxygen atoms in total. The van der Waals surface area contributed by atoms with Crippen molar-refractivity contribution in [3.8, 4) is 0 Å². The van der Waals surface area contributed by atoms with Crippen molar-refractivity contribution >= 4 is 7.92 Å². The van der Waals surface area contributed by atoms with Crippen molar-refractivity contribution in [3.05, 3.63) is 12.2 Å². The van der Waals surface area contributed by atoms with E-state index in [1.54, 1.807) is 0 Å². The highest BCUT2D eigenvalue weighted by molar-refractivity contribution is 7.56. The Bertz CT molecular complexity index is 160. The van der Waals surface area contributed by atoms with Gasteiger partial charge in [-0.3, -0.25) is 0 Å². The zero-order valence-corrected chi connectivity index (χ0v) is 7.64. The number of hydrogen-bond acceptors (Lipinski definition) is 0. The molecule has 1 fully saturated rings. The maximum Gasteiger partial charge on any atom is -0.0145 e. The van der Waals surface area contributed by atoms with Crippen LogP contribution in [0.4, 0.5) is 0 Å². The van der Waals surface area contributed by atoms with Gasteiger partial charge in [0.1, 0.15) is 0 Å². The van der Waals surface area contributed by atoms with E-state index < -0.39 is 0 Å². The Labute approximate surface area is 64.5 Å². The van der Waals surface area contributed by atoms with E-state index in [9.17, 15) is 0 Å². The maximum atomic E-state index is 2.46. The van der Waals surface area contributed by atoms with E-state index in [0.29, 0.717) is 7.92 Å². The Kier molecular flexibility index (Phi) is 1.60. The van der Waals surface area contributed by atoms with E-state index in [4.69, 9.17) is 0 Å². The fourth-order valence-corrected chi connectivity index (χ4v) is 4.02. The first-order valence-corrected chi connectivity index (χ1v) is 6.42. The summed E-state index contributed by atoms with van der Waals surface area (Å²) in [6, 6.07) is 0. The van der Waals surface area contributed by atoms with E-state index >= 15 is 0 Å². The predicted molar refractivity (Wildman–Crippen MR) is 47.9 cm³/mol. The highest BCUT2D eigenvalue weighted by atomic mass is 31.1.